The van der Waals surface area contributed by atoms with Gasteiger partial charge in [-0.25, -0.2) is 4.98 Å². The first kappa shape index (κ1) is 21.2. The van der Waals surface area contributed by atoms with Gasteiger partial charge in [0.15, 0.2) is 0 Å². The van der Waals surface area contributed by atoms with E-state index in [9.17, 15) is 4.79 Å². The van der Waals surface area contributed by atoms with E-state index in [0.29, 0.717) is 11.4 Å². The summed E-state index contributed by atoms with van der Waals surface area (Å²) in [4.78, 5) is 21.0. The average molecular weight is 454 g/mol. The van der Waals surface area contributed by atoms with Crippen LogP contribution in [0.1, 0.15) is 24.0 Å². The molecule has 2 heterocycles. The molecule has 0 aliphatic rings. The van der Waals surface area contributed by atoms with E-state index in [-0.39, 0.29) is 5.91 Å². The number of benzene rings is 3. The van der Waals surface area contributed by atoms with Crippen LogP contribution in [0.25, 0.3) is 33.2 Å². The minimum atomic E-state index is -0.00871. The summed E-state index contributed by atoms with van der Waals surface area (Å²) in [5.41, 5.74) is 6.83. The maximum Gasteiger partial charge on any atom is 0.224 e. The summed E-state index contributed by atoms with van der Waals surface area (Å²) in [6.45, 7) is 1.91. The third-order valence-corrected chi connectivity index (χ3v) is 6.45. The number of amides is 1. The number of halogens is 1. The van der Waals surface area contributed by atoms with Crippen molar-refractivity contribution in [3.63, 3.8) is 0 Å². The van der Waals surface area contributed by atoms with Crippen LogP contribution in [0.2, 0.25) is 5.02 Å². The van der Waals surface area contributed by atoms with Crippen molar-refractivity contribution in [2.45, 2.75) is 26.2 Å². The van der Waals surface area contributed by atoms with E-state index in [0.717, 1.165) is 51.9 Å². The summed E-state index contributed by atoms with van der Waals surface area (Å²) in [5.74, 6) is -0.00871. The van der Waals surface area contributed by atoms with E-state index in [1.807, 2.05) is 55.5 Å². The van der Waals surface area contributed by atoms with E-state index in [2.05, 4.69) is 40.6 Å². The minimum absolute atomic E-state index is 0.00871. The van der Waals surface area contributed by atoms with Crippen LogP contribution < -0.4 is 5.32 Å². The number of hydrogen-bond donors (Lipinski definition) is 2. The normalized spacial score (nSPS) is 11.2. The average Bonchev–Trinajstić information content (AvgIpc) is 3.20. The molecule has 5 heteroatoms. The number of nitrogens with one attached hydrogen (secondary N) is 2. The molecule has 5 rings (SSSR count). The zero-order chi connectivity index (χ0) is 22.8. The summed E-state index contributed by atoms with van der Waals surface area (Å²) in [6, 6.07) is 26.1. The first-order valence-corrected chi connectivity index (χ1v) is 11.5. The highest BCUT2D eigenvalue weighted by Gasteiger charge is 2.15. The van der Waals surface area contributed by atoms with Crippen molar-refractivity contribution in [1.29, 1.82) is 0 Å². The Morgan fingerprint density at radius 2 is 1.79 bits per heavy atom. The highest BCUT2D eigenvalue weighted by atomic mass is 35.5. The monoisotopic (exact) mass is 453 g/mol. The van der Waals surface area contributed by atoms with Crippen molar-refractivity contribution in [1.82, 2.24) is 9.97 Å². The molecular weight excluding hydrogens is 430 g/mol. The predicted molar refractivity (Wildman–Crippen MR) is 137 cm³/mol. The molecule has 33 heavy (non-hydrogen) atoms. The molecule has 5 aromatic rings. The lowest BCUT2D eigenvalue weighted by Crippen LogP contribution is -2.12. The zero-order valence-corrected chi connectivity index (χ0v) is 19.1. The summed E-state index contributed by atoms with van der Waals surface area (Å²) in [5, 5.41) is 5.94. The lowest BCUT2D eigenvalue weighted by molar-refractivity contribution is -0.116. The number of aromatic nitrogens is 2. The number of aryl methyl sites for hydroxylation is 1. The number of hydrogen-bond acceptors (Lipinski definition) is 2. The van der Waals surface area contributed by atoms with Gasteiger partial charge in [-0.3, -0.25) is 4.79 Å². The van der Waals surface area contributed by atoms with Gasteiger partial charge < -0.3 is 10.3 Å². The van der Waals surface area contributed by atoms with Crippen molar-refractivity contribution >= 4 is 45.0 Å². The van der Waals surface area contributed by atoms with Crippen LogP contribution in [0.5, 0.6) is 0 Å². The molecule has 2 aromatic heterocycles. The number of carbonyl (C=O) groups is 1. The largest absolute Gasteiger partial charge is 0.353 e. The summed E-state index contributed by atoms with van der Waals surface area (Å²) in [6.07, 6.45) is 1.93. The number of H-pyrrole nitrogens is 1. The molecular formula is C28H24ClN3O. The summed E-state index contributed by atoms with van der Waals surface area (Å²) in [7, 11) is 0. The van der Waals surface area contributed by atoms with Crippen LogP contribution in [-0.2, 0) is 11.2 Å². The Hall–Kier alpha value is -3.63. The number of fused-ring (bicyclic) bond motifs is 2. The highest BCUT2D eigenvalue weighted by molar-refractivity contribution is 6.31. The number of pyridine rings is 1. The Bertz CT molecular complexity index is 1470. The maximum atomic E-state index is 12.6. The van der Waals surface area contributed by atoms with Gasteiger partial charge in [-0.05, 0) is 61.2 Å². The van der Waals surface area contributed by atoms with Gasteiger partial charge in [-0.2, -0.15) is 0 Å². The van der Waals surface area contributed by atoms with E-state index in [4.69, 9.17) is 16.6 Å². The topological polar surface area (TPSA) is 57.8 Å². The van der Waals surface area contributed by atoms with E-state index in [1.54, 1.807) is 0 Å². The van der Waals surface area contributed by atoms with Gasteiger partial charge in [0.1, 0.15) is 0 Å². The molecule has 0 bridgehead atoms. The van der Waals surface area contributed by atoms with Crippen molar-refractivity contribution < 1.29 is 4.79 Å². The van der Waals surface area contributed by atoms with E-state index in [1.165, 1.54) is 10.9 Å². The van der Waals surface area contributed by atoms with Gasteiger partial charge in [0, 0.05) is 33.4 Å². The van der Waals surface area contributed by atoms with Gasteiger partial charge in [0.25, 0.3) is 0 Å². The number of nitrogens with zero attached hydrogens (tertiary/aromatic N) is 1. The van der Waals surface area contributed by atoms with Crippen molar-refractivity contribution in [3.05, 3.63) is 95.0 Å². The smallest absolute Gasteiger partial charge is 0.224 e. The number of rotatable bonds is 6. The first-order chi connectivity index (χ1) is 16.1. The van der Waals surface area contributed by atoms with Crippen LogP contribution in [0, 0.1) is 6.92 Å². The summed E-state index contributed by atoms with van der Waals surface area (Å²) < 4.78 is 0. The fraction of sp³-hybridized carbons (Fsp3) is 0.143. The highest BCUT2D eigenvalue weighted by Crippen LogP contribution is 2.32. The molecule has 4 nitrogen and oxygen atoms in total. The molecule has 1 amide bonds. The third kappa shape index (κ3) is 4.35. The summed E-state index contributed by atoms with van der Waals surface area (Å²) >= 11 is 6.18. The van der Waals surface area contributed by atoms with Crippen LogP contribution in [0.15, 0.2) is 78.9 Å². The van der Waals surface area contributed by atoms with Crippen LogP contribution >= 0.6 is 11.6 Å². The molecule has 0 saturated heterocycles. The minimum Gasteiger partial charge on any atom is -0.353 e. The number of carbonyl (C=O) groups excluding carboxylic acids is 1. The fourth-order valence-electron chi connectivity index (χ4n) is 4.26. The molecule has 3 aromatic carbocycles. The van der Waals surface area contributed by atoms with Gasteiger partial charge in [-0.15, -0.1) is 0 Å². The number of anilines is 1. The molecule has 0 saturated carbocycles. The van der Waals surface area contributed by atoms with Gasteiger partial charge in [0.05, 0.1) is 16.9 Å². The van der Waals surface area contributed by atoms with Crippen LogP contribution in [-0.4, -0.2) is 15.9 Å². The lowest BCUT2D eigenvalue weighted by atomic mass is 10.0. The molecule has 2 N–H and O–H groups in total. The second-order valence-corrected chi connectivity index (χ2v) is 8.63. The molecule has 0 spiro atoms. The standard InChI is InChI=1S/C28H24ClN3O/c1-18-22(29)11-7-14-23(18)31-27(33)15-6-10-21-20-9-3-5-13-25(20)32-28(21)26-17-16-19-8-2-4-12-24(19)30-26/h2-5,7-9,11-14,16-17,32H,6,10,15H2,1H3,(H,31,33). The fourth-order valence-corrected chi connectivity index (χ4v) is 4.44. The molecule has 0 unspecified atom stereocenters. The SMILES string of the molecule is Cc1c(Cl)cccc1NC(=O)CCCc1c(-c2ccc3ccccc3n2)[nH]c2ccccc12. The Kier molecular flexibility index (Phi) is 5.84. The van der Waals surface area contributed by atoms with Crippen molar-refractivity contribution in [2.24, 2.45) is 0 Å². The molecule has 0 fully saturated rings. The second-order valence-electron chi connectivity index (χ2n) is 8.23. The Morgan fingerprint density at radius 1 is 0.970 bits per heavy atom. The molecule has 0 aliphatic heterocycles. The van der Waals surface area contributed by atoms with Gasteiger partial charge >= 0.3 is 0 Å². The number of aromatic amines is 1. The molecule has 0 atom stereocenters. The predicted octanol–water partition coefficient (Wildman–Crippen LogP) is 7.31. The Morgan fingerprint density at radius 3 is 2.70 bits per heavy atom. The molecule has 0 aliphatic carbocycles. The van der Waals surface area contributed by atoms with Gasteiger partial charge in [0.2, 0.25) is 5.91 Å². The van der Waals surface area contributed by atoms with E-state index >= 15 is 0 Å². The van der Waals surface area contributed by atoms with Gasteiger partial charge in [-0.1, -0.05) is 60.1 Å². The quantitative estimate of drug-likeness (QED) is 0.283. The van der Waals surface area contributed by atoms with Crippen molar-refractivity contribution in [2.75, 3.05) is 5.32 Å². The van der Waals surface area contributed by atoms with Crippen molar-refractivity contribution in [3.8, 4) is 11.4 Å². The number of para-hydroxylation sites is 2. The third-order valence-electron chi connectivity index (χ3n) is 6.04. The zero-order valence-electron chi connectivity index (χ0n) is 18.4. The second kappa shape index (κ2) is 9.08. The van der Waals surface area contributed by atoms with Crippen LogP contribution in [0.4, 0.5) is 5.69 Å². The lowest BCUT2D eigenvalue weighted by Gasteiger charge is -2.10. The Labute approximate surface area is 197 Å². The first-order valence-electron chi connectivity index (χ1n) is 11.1. The molecule has 164 valence electrons. The van der Waals surface area contributed by atoms with E-state index < -0.39 is 0 Å². The Balaban J connectivity index is 1.38. The molecule has 0 radical (unpaired) electrons. The maximum absolute atomic E-state index is 12.6. The van der Waals surface area contributed by atoms with Crippen LogP contribution in [0.3, 0.4) is 0 Å².